The highest BCUT2D eigenvalue weighted by Crippen LogP contribution is 2.15. The molecule has 0 heterocycles. The Morgan fingerprint density at radius 1 is 0.375 bits per heavy atom. The molecule has 0 rings (SSSR count). The summed E-state index contributed by atoms with van der Waals surface area (Å²) >= 11 is 0. The predicted molar refractivity (Wildman–Crippen MR) is 238 cm³/mol. The Labute approximate surface area is 346 Å². The van der Waals surface area contributed by atoms with Crippen molar-refractivity contribution >= 4 is 17.9 Å². The maximum atomic E-state index is 12.7. The standard InChI is InChI=1S/C50H90O6/c1-4-7-10-13-16-18-20-22-23-24-25-26-28-29-31-34-37-40-43-49(52)55-46-47(45-54-48(51)42-39-36-33-15-12-9-6-3)56-50(53)44-41-38-35-32-30-27-21-19-17-14-11-8-5-2/h8,11,17,19,27,30,47H,4-7,9-10,12-16,18,20-26,28-29,31-46H2,1-3H3/b11-8-,19-17-,30-27-. The first-order chi connectivity index (χ1) is 27.5. The second kappa shape index (κ2) is 45.3. The molecule has 326 valence electrons. The molecule has 0 aliphatic carbocycles. The Morgan fingerprint density at radius 3 is 1.09 bits per heavy atom. The Hall–Kier alpha value is -2.37. The van der Waals surface area contributed by atoms with Gasteiger partial charge >= 0.3 is 17.9 Å². The number of hydrogen-bond acceptors (Lipinski definition) is 6. The quantitative estimate of drug-likeness (QED) is 0.0265. The molecule has 6 nitrogen and oxygen atoms in total. The number of hydrogen-bond donors (Lipinski definition) is 0. The summed E-state index contributed by atoms with van der Waals surface area (Å²) in [7, 11) is 0. The van der Waals surface area contributed by atoms with Gasteiger partial charge in [-0.1, -0.05) is 211 Å². The molecule has 0 N–H and O–H groups in total. The van der Waals surface area contributed by atoms with E-state index in [0.717, 1.165) is 83.5 Å². The van der Waals surface area contributed by atoms with Crippen molar-refractivity contribution in [1.82, 2.24) is 0 Å². The van der Waals surface area contributed by atoms with Crippen LogP contribution in [0.1, 0.15) is 245 Å². The first-order valence-electron chi connectivity index (χ1n) is 24.0. The molecule has 0 fully saturated rings. The van der Waals surface area contributed by atoms with Gasteiger partial charge in [-0.05, 0) is 51.4 Å². The lowest BCUT2D eigenvalue weighted by Gasteiger charge is -2.18. The summed E-state index contributed by atoms with van der Waals surface area (Å²) in [5.74, 6) is -0.911. The zero-order valence-electron chi connectivity index (χ0n) is 37.2. The minimum atomic E-state index is -0.779. The molecule has 0 bridgehead atoms. The topological polar surface area (TPSA) is 78.9 Å². The molecule has 6 heteroatoms. The molecule has 0 amide bonds. The van der Waals surface area contributed by atoms with Crippen LogP contribution in [-0.2, 0) is 28.6 Å². The monoisotopic (exact) mass is 787 g/mol. The highest BCUT2D eigenvalue weighted by atomic mass is 16.6. The van der Waals surface area contributed by atoms with Crippen molar-refractivity contribution in [1.29, 1.82) is 0 Å². The first kappa shape index (κ1) is 53.6. The summed E-state index contributed by atoms with van der Waals surface area (Å²) in [6.45, 7) is 6.47. The molecular weight excluding hydrogens is 697 g/mol. The van der Waals surface area contributed by atoms with Gasteiger partial charge in [-0.25, -0.2) is 0 Å². The van der Waals surface area contributed by atoms with Crippen molar-refractivity contribution in [3.8, 4) is 0 Å². The molecule has 0 saturated heterocycles. The number of rotatable bonds is 43. The van der Waals surface area contributed by atoms with Crippen LogP contribution in [0, 0.1) is 0 Å². The third-order valence-electron chi connectivity index (χ3n) is 10.4. The van der Waals surface area contributed by atoms with E-state index in [9.17, 15) is 14.4 Å². The predicted octanol–water partition coefficient (Wildman–Crippen LogP) is 15.4. The Bertz CT molecular complexity index is 953. The van der Waals surface area contributed by atoms with E-state index in [4.69, 9.17) is 14.2 Å². The number of allylic oxidation sites excluding steroid dienone is 6. The van der Waals surface area contributed by atoms with E-state index in [1.54, 1.807) is 0 Å². The molecule has 56 heavy (non-hydrogen) atoms. The van der Waals surface area contributed by atoms with Gasteiger partial charge in [0.25, 0.3) is 0 Å². The number of ether oxygens (including phenoxy) is 3. The summed E-state index contributed by atoms with van der Waals surface area (Å²) in [5, 5.41) is 0. The van der Waals surface area contributed by atoms with Crippen molar-refractivity contribution in [2.45, 2.75) is 252 Å². The number of carbonyl (C=O) groups excluding carboxylic acids is 3. The van der Waals surface area contributed by atoms with E-state index in [1.165, 1.54) is 122 Å². The van der Waals surface area contributed by atoms with E-state index in [-0.39, 0.29) is 31.1 Å². The van der Waals surface area contributed by atoms with Gasteiger partial charge < -0.3 is 14.2 Å². The number of carbonyl (C=O) groups is 3. The molecule has 1 unspecified atom stereocenters. The first-order valence-corrected chi connectivity index (χ1v) is 24.0. The summed E-state index contributed by atoms with van der Waals surface area (Å²) < 4.78 is 16.7. The molecular formula is C50H90O6. The minimum absolute atomic E-state index is 0.0809. The molecule has 0 radical (unpaired) electrons. The third kappa shape index (κ3) is 42.8. The van der Waals surface area contributed by atoms with Crippen LogP contribution in [0.4, 0.5) is 0 Å². The molecule has 1 atom stereocenters. The number of unbranched alkanes of at least 4 members (excludes halogenated alkanes) is 26. The molecule has 0 aromatic carbocycles. The van der Waals surface area contributed by atoms with Crippen LogP contribution in [0.3, 0.4) is 0 Å². The van der Waals surface area contributed by atoms with E-state index in [2.05, 4.69) is 57.2 Å². The van der Waals surface area contributed by atoms with Crippen LogP contribution >= 0.6 is 0 Å². The van der Waals surface area contributed by atoms with Crippen LogP contribution in [0.5, 0.6) is 0 Å². The lowest BCUT2D eigenvalue weighted by atomic mass is 10.0. The van der Waals surface area contributed by atoms with Crippen molar-refractivity contribution in [2.75, 3.05) is 13.2 Å². The largest absolute Gasteiger partial charge is 0.462 e. The summed E-state index contributed by atoms with van der Waals surface area (Å²) in [5.41, 5.74) is 0. The summed E-state index contributed by atoms with van der Waals surface area (Å²) in [6, 6.07) is 0. The zero-order valence-corrected chi connectivity index (χ0v) is 37.2. The van der Waals surface area contributed by atoms with Crippen molar-refractivity contribution in [3.63, 3.8) is 0 Å². The van der Waals surface area contributed by atoms with Gasteiger partial charge in [0.05, 0.1) is 0 Å². The normalized spacial score (nSPS) is 12.3. The van der Waals surface area contributed by atoms with Gasteiger partial charge in [-0.15, -0.1) is 0 Å². The molecule has 0 aromatic rings. The van der Waals surface area contributed by atoms with Crippen molar-refractivity contribution in [2.24, 2.45) is 0 Å². The van der Waals surface area contributed by atoms with Gasteiger partial charge in [0.1, 0.15) is 13.2 Å². The van der Waals surface area contributed by atoms with Gasteiger partial charge in [0.15, 0.2) is 6.10 Å². The van der Waals surface area contributed by atoms with Crippen LogP contribution < -0.4 is 0 Å². The van der Waals surface area contributed by atoms with Gasteiger partial charge in [-0.3, -0.25) is 14.4 Å². The highest BCUT2D eigenvalue weighted by Gasteiger charge is 2.19. The molecule has 0 aliphatic rings. The lowest BCUT2D eigenvalue weighted by Crippen LogP contribution is -2.30. The second-order valence-corrected chi connectivity index (χ2v) is 16.0. The van der Waals surface area contributed by atoms with Crippen molar-refractivity contribution in [3.05, 3.63) is 36.5 Å². The maximum Gasteiger partial charge on any atom is 0.306 e. The van der Waals surface area contributed by atoms with E-state index in [1.807, 2.05) is 0 Å². The van der Waals surface area contributed by atoms with Crippen LogP contribution in [0.25, 0.3) is 0 Å². The average Bonchev–Trinajstić information content (AvgIpc) is 3.19. The zero-order chi connectivity index (χ0) is 40.8. The molecule has 0 aromatic heterocycles. The smallest absolute Gasteiger partial charge is 0.306 e. The minimum Gasteiger partial charge on any atom is -0.462 e. The maximum absolute atomic E-state index is 12.7. The van der Waals surface area contributed by atoms with Crippen LogP contribution in [0.2, 0.25) is 0 Å². The Morgan fingerprint density at radius 2 is 0.696 bits per heavy atom. The fraction of sp³-hybridized carbons (Fsp3) is 0.820. The second-order valence-electron chi connectivity index (χ2n) is 16.0. The highest BCUT2D eigenvalue weighted by molar-refractivity contribution is 5.71. The summed E-state index contributed by atoms with van der Waals surface area (Å²) in [4.78, 5) is 37.6. The van der Waals surface area contributed by atoms with Gasteiger partial charge in [-0.2, -0.15) is 0 Å². The molecule has 0 aliphatic heterocycles. The van der Waals surface area contributed by atoms with Gasteiger partial charge in [0.2, 0.25) is 0 Å². The van der Waals surface area contributed by atoms with Crippen molar-refractivity contribution < 1.29 is 28.6 Å². The summed E-state index contributed by atoms with van der Waals surface area (Å²) in [6.07, 6.45) is 51.5. The third-order valence-corrected chi connectivity index (χ3v) is 10.4. The molecule has 0 spiro atoms. The Balaban J connectivity index is 4.25. The lowest BCUT2D eigenvalue weighted by molar-refractivity contribution is -0.167. The fourth-order valence-corrected chi connectivity index (χ4v) is 6.81. The Kier molecular flexibility index (Phi) is 43.4. The van der Waals surface area contributed by atoms with Crippen LogP contribution in [-0.4, -0.2) is 37.2 Å². The van der Waals surface area contributed by atoms with Gasteiger partial charge in [0, 0.05) is 19.3 Å². The van der Waals surface area contributed by atoms with E-state index >= 15 is 0 Å². The average molecular weight is 787 g/mol. The number of esters is 3. The van der Waals surface area contributed by atoms with E-state index < -0.39 is 6.10 Å². The molecule has 0 saturated carbocycles. The SMILES string of the molecule is CC/C=C\C/C=C\C/C=C\CCCCCC(=O)OC(COC(=O)CCCCCCCCC)COC(=O)CCCCCCCCCCCCCCCCCCCC. The van der Waals surface area contributed by atoms with Crippen LogP contribution in [0.15, 0.2) is 36.5 Å². The fourth-order valence-electron chi connectivity index (χ4n) is 6.81. The van der Waals surface area contributed by atoms with E-state index in [0.29, 0.717) is 19.3 Å².